The first-order valence-corrected chi connectivity index (χ1v) is 11.5. The van der Waals surface area contributed by atoms with Gasteiger partial charge in [0.25, 0.3) is 0 Å². The molecule has 1 fully saturated rings. The number of amides is 1. The SMILES string of the molecule is O=C(CN(Cc1ccccc1)S(=O)(=O)c1ccc(F)cc1)NC1CCCCCC1. The Morgan fingerprint density at radius 3 is 2.21 bits per heavy atom. The second-order valence-electron chi connectivity index (χ2n) is 7.47. The van der Waals surface area contributed by atoms with Crippen LogP contribution < -0.4 is 5.32 Å². The van der Waals surface area contributed by atoms with Gasteiger partial charge in [0.15, 0.2) is 0 Å². The lowest BCUT2D eigenvalue weighted by atomic mass is 10.1. The lowest BCUT2D eigenvalue weighted by molar-refractivity contribution is -0.122. The molecule has 0 aliphatic heterocycles. The number of carbonyl (C=O) groups is 1. The zero-order valence-corrected chi connectivity index (χ0v) is 17.2. The molecule has 1 aliphatic carbocycles. The molecule has 1 amide bonds. The van der Waals surface area contributed by atoms with Crippen LogP contribution in [-0.4, -0.2) is 31.2 Å². The van der Waals surface area contributed by atoms with Crippen LogP contribution in [0, 0.1) is 5.82 Å². The molecule has 2 aromatic rings. The van der Waals surface area contributed by atoms with Crippen LogP contribution in [0.5, 0.6) is 0 Å². The van der Waals surface area contributed by atoms with E-state index < -0.39 is 15.8 Å². The number of hydrogen-bond donors (Lipinski definition) is 1. The Balaban J connectivity index is 1.78. The highest BCUT2D eigenvalue weighted by Gasteiger charge is 2.28. The van der Waals surface area contributed by atoms with Crippen molar-refractivity contribution in [3.63, 3.8) is 0 Å². The summed E-state index contributed by atoms with van der Waals surface area (Å²) in [6.45, 7) is -0.205. The average molecular weight is 419 g/mol. The second-order valence-corrected chi connectivity index (χ2v) is 9.41. The summed E-state index contributed by atoms with van der Waals surface area (Å²) in [6, 6.07) is 13.9. The van der Waals surface area contributed by atoms with Crippen LogP contribution in [0.25, 0.3) is 0 Å². The highest BCUT2D eigenvalue weighted by molar-refractivity contribution is 7.89. The number of hydrogen-bond acceptors (Lipinski definition) is 3. The fourth-order valence-corrected chi connectivity index (χ4v) is 5.01. The van der Waals surface area contributed by atoms with Crippen LogP contribution in [-0.2, 0) is 21.4 Å². The molecule has 1 saturated carbocycles. The van der Waals surface area contributed by atoms with Gasteiger partial charge in [-0.05, 0) is 42.7 Å². The van der Waals surface area contributed by atoms with E-state index in [0.29, 0.717) is 0 Å². The van der Waals surface area contributed by atoms with Gasteiger partial charge in [-0.15, -0.1) is 0 Å². The molecular weight excluding hydrogens is 391 g/mol. The predicted octanol–water partition coefficient (Wildman–Crippen LogP) is 3.86. The van der Waals surface area contributed by atoms with Gasteiger partial charge in [0.1, 0.15) is 5.82 Å². The van der Waals surface area contributed by atoms with Gasteiger partial charge in [0.05, 0.1) is 11.4 Å². The standard InChI is InChI=1S/C22H27FN2O3S/c23-19-12-14-21(15-13-19)29(27,28)25(16-18-8-4-3-5-9-18)17-22(26)24-20-10-6-1-2-7-11-20/h3-5,8-9,12-15,20H,1-2,6-7,10-11,16-17H2,(H,24,26). The molecule has 0 atom stereocenters. The maximum Gasteiger partial charge on any atom is 0.243 e. The second kappa shape index (κ2) is 9.98. The summed E-state index contributed by atoms with van der Waals surface area (Å²) in [6.07, 6.45) is 6.35. The summed E-state index contributed by atoms with van der Waals surface area (Å²) in [4.78, 5) is 12.6. The number of halogens is 1. The van der Waals surface area contributed by atoms with Crippen LogP contribution in [0.1, 0.15) is 44.1 Å². The van der Waals surface area contributed by atoms with E-state index in [9.17, 15) is 17.6 Å². The first kappa shape index (κ1) is 21.5. The number of carbonyl (C=O) groups excluding carboxylic acids is 1. The van der Waals surface area contributed by atoms with Crippen LogP contribution in [0.4, 0.5) is 4.39 Å². The van der Waals surface area contributed by atoms with Crippen LogP contribution in [0.3, 0.4) is 0 Å². The van der Waals surface area contributed by atoms with Crippen LogP contribution >= 0.6 is 0 Å². The lowest BCUT2D eigenvalue weighted by Gasteiger charge is -2.24. The van der Waals surface area contributed by atoms with Gasteiger partial charge in [-0.3, -0.25) is 4.79 Å². The molecule has 2 aromatic carbocycles. The molecule has 3 rings (SSSR count). The molecule has 0 saturated heterocycles. The van der Waals surface area contributed by atoms with Gasteiger partial charge in [0, 0.05) is 12.6 Å². The molecule has 0 aromatic heterocycles. The normalized spacial score (nSPS) is 15.8. The summed E-state index contributed by atoms with van der Waals surface area (Å²) in [7, 11) is -3.95. The number of sulfonamides is 1. The third kappa shape index (κ3) is 6.11. The van der Waals surface area contributed by atoms with E-state index in [2.05, 4.69) is 5.32 Å². The van der Waals surface area contributed by atoms with Crippen molar-refractivity contribution in [2.45, 2.75) is 56.0 Å². The Kier molecular flexibility index (Phi) is 7.39. The minimum atomic E-state index is -3.95. The maximum absolute atomic E-state index is 13.3. The minimum Gasteiger partial charge on any atom is -0.352 e. The molecule has 1 aliphatic rings. The van der Waals surface area contributed by atoms with Gasteiger partial charge in [-0.1, -0.05) is 56.0 Å². The number of rotatable bonds is 7. The van der Waals surface area contributed by atoms with Crippen molar-refractivity contribution in [2.24, 2.45) is 0 Å². The van der Waals surface area contributed by atoms with E-state index in [1.807, 2.05) is 30.3 Å². The molecule has 29 heavy (non-hydrogen) atoms. The first-order valence-electron chi connectivity index (χ1n) is 10.0. The molecule has 7 heteroatoms. The summed E-state index contributed by atoms with van der Waals surface area (Å²) in [5.74, 6) is -0.816. The van der Waals surface area contributed by atoms with Gasteiger partial charge in [-0.25, -0.2) is 12.8 Å². The maximum atomic E-state index is 13.3. The Hall–Kier alpha value is -2.25. The zero-order chi connectivity index (χ0) is 20.7. The van der Waals surface area contributed by atoms with Crippen molar-refractivity contribution in [3.8, 4) is 0 Å². The molecule has 0 radical (unpaired) electrons. The highest BCUT2D eigenvalue weighted by Crippen LogP contribution is 2.20. The van der Waals surface area contributed by atoms with Gasteiger partial charge in [-0.2, -0.15) is 4.31 Å². The third-order valence-corrected chi connectivity index (χ3v) is 7.00. The summed E-state index contributed by atoms with van der Waals surface area (Å²) in [5, 5.41) is 3.00. The zero-order valence-electron chi connectivity index (χ0n) is 16.4. The largest absolute Gasteiger partial charge is 0.352 e. The van der Waals surface area contributed by atoms with Crippen molar-refractivity contribution in [3.05, 3.63) is 66.0 Å². The van der Waals surface area contributed by atoms with E-state index in [1.165, 1.54) is 25.0 Å². The average Bonchev–Trinajstić information content (AvgIpc) is 2.97. The van der Waals surface area contributed by atoms with Gasteiger partial charge >= 0.3 is 0 Å². The van der Waals surface area contributed by atoms with E-state index in [4.69, 9.17) is 0 Å². The molecule has 1 N–H and O–H groups in total. The Morgan fingerprint density at radius 1 is 0.966 bits per heavy atom. The van der Waals surface area contributed by atoms with Crippen molar-refractivity contribution < 1.29 is 17.6 Å². The van der Waals surface area contributed by atoms with Crippen molar-refractivity contribution in [2.75, 3.05) is 6.54 Å². The van der Waals surface area contributed by atoms with Crippen molar-refractivity contribution in [1.29, 1.82) is 0 Å². The minimum absolute atomic E-state index is 0.0305. The molecular formula is C22H27FN2O3S. The Labute approximate surface area is 172 Å². The van der Waals surface area contributed by atoms with E-state index >= 15 is 0 Å². The fourth-order valence-electron chi connectivity index (χ4n) is 3.63. The molecule has 0 bridgehead atoms. The predicted molar refractivity (Wildman–Crippen MR) is 110 cm³/mol. The van der Waals surface area contributed by atoms with Crippen molar-refractivity contribution in [1.82, 2.24) is 9.62 Å². The molecule has 156 valence electrons. The molecule has 5 nitrogen and oxygen atoms in total. The highest BCUT2D eigenvalue weighted by atomic mass is 32.2. The molecule has 0 heterocycles. The molecule has 0 spiro atoms. The number of nitrogens with one attached hydrogen (secondary N) is 1. The monoisotopic (exact) mass is 418 g/mol. The van der Waals surface area contributed by atoms with Gasteiger partial charge < -0.3 is 5.32 Å². The van der Waals surface area contributed by atoms with E-state index in [-0.39, 0.29) is 29.9 Å². The number of nitrogens with zero attached hydrogens (tertiary/aromatic N) is 1. The van der Waals surface area contributed by atoms with E-state index in [1.54, 1.807) is 0 Å². The van der Waals surface area contributed by atoms with Crippen molar-refractivity contribution >= 4 is 15.9 Å². The Morgan fingerprint density at radius 2 is 1.59 bits per heavy atom. The topological polar surface area (TPSA) is 66.5 Å². The Bertz CT molecular complexity index is 893. The number of benzene rings is 2. The van der Waals surface area contributed by atoms with Gasteiger partial charge in [0.2, 0.25) is 15.9 Å². The van der Waals surface area contributed by atoms with Crippen LogP contribution in [0.15, 0.2) is 59.5 Å². The fraction of sp³-hybridized carbons (Fsp3) is 0.409. The van der Waals surface area contributed by atoms with Crippen LogP contribution in [0.2, 0.25) is 0 Å². The summed E-state index contributed by atoms with van der Waals surface area (Å²) in [5.41, 5.74) is 0.778. The molecule has 0 unspecified atom stereocenters. The summed E-state index contributed by atoms with van der Waals surface area (Å²) < 4.78 is 40.7. The smallest absolute Gasteiger partial charge is 0.243 e. The first-order chi connectivity index (χ1) is 13.9. The quantitative estimate of drug-likeness (QED) is 0.695. The lowest BCUT2D eigenvalue weighted by Crippen LogP contribution is -2.43. The van der Waals surface area contributed by atoms with E-state index in [0.717, 1.165) is 47.7 Å². The third-order valence-electron chi connectivity index (χ3n) is 5.19. The summed E-state index contributed by atoms with van der Waals surface area (Å²) >= 11 is 0.